The lowest BCUT2D eigenvalue weighted by molar-refractivity contribution is 0.825. The predicted molar refractivity (Wildman–Crippen MR) is 88.9 cm³/mol. The van der Waals surface area contributed by atoms with Crippen molar-refractivity contribution in [3.8, 4) is 0 Å². The van der Waals surface area contributed by atoms with E-state index in [1.807, 2.05) is 6.07 Å². The largest absolute Gasteiger partial charge is 0.356 e. The second kappa shape index (κ2) is 5.60. The Kier molecular flexibility index (Phi) is 3.65. The van der Waals surface area contributed by atoms with Gasteiger partial charge in [0.2, 0.25) is 5.95 Å². The van der Waals surface area contributed by atoms with Gasteiger partial charge in [-0.2, -0.15) is 0 Å². The first-order valence-electron chi connectivity index (χ1n) is 7.44. The minimum atomic E-state index is 0.835. The van der Waals surface area contributed by atoms with E-state index < -0.39 is 0 Å². The first kappa shape index (κ1) is 13.7. The van der Waals surface area contributed by atoms with Crippen molar-refractivity contribution in [3.05, 3.63) is 59.2 Å². The second-order valence-corrected chi connectivity index (χ2v) is 5.46. The van der Waals surface area contributed by atoms with Crippen molar-refractivity contribution in [1.29, 1.82) is 0 Å². The van der Waals surface area contributed by atoms with E-state index in [2.05, 4.69) is 67.1 Å². The Hall–Kier alpha value is -2.29. The average Bonchev–Trinajstić information content (AvgIpc) is 2.79. The molecule has 0 amide bonds. The van der Waals surface area contributed by atoms with Gasteiger partial charge in [-0.15, -0.1) is 0 Å². The van der Waals surface area contributed by atoms with Gasteiger partial charge in [0.1, 0.15) is 0 Å². The predicted octanol–water partition coefficient (Wildman–Crippen LogP) is 4.13. The molecule has 3 aromatic rings. The number of aryl methyl sites for hydroxylation is 2. The number of hydrogen-bond donors (Lipinski definition) is 1. The molecule has 3 nitrogen and oxygen atoms in total. The summed E-state index contributed by atoms with van der Waals surface area (Å²) in [6, 6.07) is 14.9. The van der Waals surface area contributed by atoms with Crippen LogP contribution in [0, 0.1) is 13.8 Å². The summed E-state index contributed by atoms with van der Waals surface area (Å²) in [6.45, 7) is 8.10. The highest BCUT2D eigenvalue weighted by Crippen LogP contribution is 2.24. The summed E-state index contributed by atoms with van der Waals surface area (Å²) in [7, 11) is 0. The van der Waals surface area contributed by atoms with Crippen LogP contribution in [0.3, 0.4) is 0 Å². The van der Waals surface area contributed by atoms with Crippen LogP contribution in [0.1, 0.15) is 23.6 Å². The van der Waals surface area contributed by atoms with E-state index in [1.54, 1.807) is 0 Å². The molecule has 1 heterocycles. The Morgan fingerprint density at radius 2 is 1.76 bits per heavy atom. The lowest BCUT2D eigenvalue weighted by atomic mass is 10.1. The molecular formula is C18H21N3. The van der Waals surface area contributed by atoms with Crippen LogP contribution in [0.4, 0.5) is 5.95 Å². The number of benzene rings is 2. The van der Waals surface area contributed by atoms with E-state index >= 15 is 0 Å². The highest BCUT2D eigenvalue weighted by atomic mass is 15.2. The molecule has 0 aliphatic rings. The molecule has 0 spiro atoms. The zero-order valence-electron chi connectivity index (χ0n) is 12.9. The zero-order chi connectivity index (χ0) is 14.8. The number of nitrogens with one attached hydrogen (secondary N) is 1. The lowest BCUT2D eigenvalue weighted by Crippen LogP contribution is -2.08. The highest BCUT2D eigenvalue weighted by Gasteiger charge is 2.11. The standard InChI is InChI=1S/C18H21N3/c1-4-19-18-20-16-10-13(2)14(3)11-17(16)21(18)12-15-8-6-5-7-9-15/h5-11H,4,12H2,1-3H3,(H,19,20). The van der Waals surface area contributed by atoms with Crippen LogP contribution in [0.25, 0.3) is 11.0 Å². The molecule has 1 N–H and O–H groups in total. The van der Waals surface area contributed by atoms with E-state index in [4.69, 9.17) is 4.98 Å². The van der Waals surface area contributed by atoms with Crippen LogP contribution in [0.2, 0.25) is 0 Å². The van der Waals surface area contributed by atoms with Crippen LogP contribution >= 0.6 is 0 Å². The maximum Gasteiger partial charge on any atom is 0.204 e. The highest BCUT2D eigenvalue weighted by molar-refractivity contribution is 5.80. The minimum absolute atomic E-state index is 0.835. The van der Waals surface area contributed by atoms with Crippen LogP contribution in [-0.2, 0) is 6.54 Å². The third kappa shape index (κ3) is 2.64. The van der Waals surface area contributed by atoms with Gasteiger partial charge in [-0.1, -0.05) is 30.3 Å². The van der Waals surface area contributed by atoms with Crippen molar-refractivity contribution in [2.24, 2.45) is 0 Å². The molecule has 108 valence electrons. The van der Waals surface area contributed by atoms with Crippen molar-refractivity contribution in [2.75, 3.05) is 11.9 Å². The molecule has 0 radical (unpaired) electrons. The summed E-state index contributed by atoms with van der Waals surface area (Å²) in [4.78, 5) is 4.75. The van der Waals surface area contributed by atoms with Gasteiger partial charge in [-0.05, 0) is 49.6 Å². The number of anilines is 1. The first-order chi connectivity index (χ1) is 10.2. The van der Waals surface area contributed by atoms with E-state index in [0.29, 0.717) is 0 Å². The Balaban J connectivity index is 2.13. The summed E-state index contributed by atoms with van der Waals surface area (Å²) in [6.07, 6.45) is 0. The lowest BCUT2D eigenvalue weighted by Gasteiger charge is -2.10. The Bertz CT molecular complexity index is 757. The molecule has 0 fully saturated rings. The van der Waals surface area contributed by atoms with Gasteiger partial charge in [-0.25, -0.2) is 4.98 Å². The molecule has 0 saturated heterocycles. The van der Waals surface area contributed by atoms with E-state index in [1.165, 1.54) is 22.2 Å². The van der Waals surface area contributed by atoms with Gasteiger partial charge in [0.15, 0.2) is 0 Å². The van der Waals surface area contributed by atoms with Crippen LogP contribution in [0.5, 0.6) is 0 Å². The monoisotopic (exact) mass is 279 g/mol. The normalized spacial score (nSPS) is 11.0. The second-order valence-electron chi connectivity index (χ2n) is 5.46. The fourth-order valence-corrected chi connectivity index (χ4v) is 2.60. The summed E-state index contributed by atoms with van der Waals surface area (Å²) in [5.41, 5.74) is 6.13. The number of rotatable bonds is 4. The molecule has 3 heteroatoms. The van der Waals surface area contributed by atoms with Gasteiger partial charge in [0.25, 0.3) is 0 Å². The maximum absolute atomic E-state index is 4.75. The molecule has 21 heavy (non-hydrogen) atoms. The van der Waals surface area contributed by atoms with E-state index in [9.17, 15) is 0 Å². The fourth-order valence-electron chi connectivity index (χ4n) is 2.60. The summed E-state index contributed by atoms with van der Waals surface area (Å²) in [5.74, 6) is 0.946. The summed E-state index contributed by atoms with van der Waals surface area (Å²) in [5, 5.41) is 3.38. The van der Waals surface area contributed by atoms with Crippen molar-refractivity contribution < 1.29 is 0 Å². The topological polar surface area (TPSA) is 29.9 Å². The van der Waals surface area contributed by atoms with Gasteiger partial charge in [0, 0.05) is 6.54 Å². The van der Waals surface area contributed by atoms with Crippen LogP contribution in [-0.4, -0.2) is 16.1 Å². The molecule has 1 aromatic heterocycles. The van der Waals surface area contributed by atoms with Crippen molar-refractivity contribution >= 4 is 17.0 Å². The molecule has 3 rings (SSSR count). The van der Waals surface area contributed by atoms with E-state index in [0.717, 1.165) is 24.6 Å². The maximum atomic E-state index is 4.75. The smallest absolute Gasteiger partial charge is 0.204 e. The first-order valence-corrected chi connectivity index (χ1v) is 7.44. The number of imidazole rings is 1. The molecule has 2 aromatic carbocycles. The van der Waals surface area contributed by atoms with Gasteiger partial charge in [-0.3, -0.25) is 0 Å². The molecule has 0 saturated carbocycles. The molecule has 0 aliphatic carbocycles. The number of aromatic nitrogens is 2. The van der Waals surface area contributed by atoms with Gasteiger partial charge in [0.05, 0.1) is 17.6 Å². The number of hydrogen-bond acceptors (Lipinski definition) is 2. The minimum Gasteiger partial charge on any atom is -0.356 e. The van der Waals surface area contributed by atoms with Crippen molar-refractivity contribution in [2.45, 2.75) is 27.3 Å². The number of fused-ring (bicyclic) bond motifs is 1. The molecule has 0 bridgehead atoms. The summed E-state index contributed by atoms with van der Waals surface area (Å²) >= 11 is 0. The summed E-state index contributed by atoms with van der Waals surface area (Å²) < 4.78 is 2.26. The van der Waals surface area contributed by atoms with Crippen molar-refractivity contribution in [1.82, 2.24) is 9.55 Å². The van der Waals surface area contributed by atoms with Crippen molar-refractivity contribution in [3.63, 3.8) is 0 Å². The average molecular weight is 279 g/mol. The van der Waals surface area contributed by atoms with Gasteiger partial charge >= 0.3 is 0 Å². The fraction of sp³-hybridized carbons (Fsp3) is 0.278. The third-order valence-electron chi connectivity index (χ3n) is 3.88. The molecular weight excluding hydrogens is 258 g/mol. The third-order valence-corrected chi connectivity index (χ3v) is 3.88. The zero-order valence-corrected chi connectivity index (χ0v) is 12.9. The Morgan fingerprint density at radius 1 is 1.05 bits per heavy atom. The SMILES string of the molecule is CCNc1nc2cc(C)c(C)cc2n1Cc1ccccc1. The molecule has 0 atom stereocenters. The molecule has 0 unspecified atom stereocenters. The van der Waals surface area contributed by atoms with Crippen LogP contribution in [0.15, 0.2) is 42.5 Å². The number of nitrogens with zero attached hydrogens (tertiary/aromatic N) is 2. The van der Waals surface area contributed by atoms with Crippen LogP contribution < -0.4 is 5.32 Å². The van der Waals surface area contributed by atoms with Gasteiger partial charge < -0.3 is 9.88 Å². The Morgan fingerprint density at radius 3 is 2.48 bits per heavy atom. The molecule has 0 aliphatic heterocycles. The van der Waals surface area contributed by atoms with E-state index in [-0.39, 0.29) is 0 Å². The Labute approximate surface area is 125 Å². The quantitative estimate of drug-likeness (QED) is 0.778.